The van der Waals surface area contributed by atoms with Crippen LogP contribution in [0.4, 0.5) is 0 Å². The van der Waals surface area contributed by atoms with Crippen molar-refractivity contribution in [3.63, 3.8) is 0 Å². The molecule has 0 aliphatic rings. The van der Waals surface area contributed by atoms with Crippen LogP contribution in [0.1, 0.15) is 23.6 Å². The van der Waals surface area contributed by atoms with Crippen LogP contribution < -0.4 is 5.73 Å². The highest BCUT2D eigenvalue weighted by Crippen LogP contribution is 2.24. The average Bonchev–Trinajstić information content (AvgIpc) is 2.47. The van der Waals surface area contributed by atoms with Gasteiger partial charge in [0.05, 0.1) is 0 Å². The zero-order valence-corrected chi connectivity index (χ0v) is 12.1. The number of rotatable bonds is 6. The molecule has 0 heterocycles. The summed E-state index contributed by atoms with van der Waals surface area (Å²) in [6.45, 7) is 10.3. The van der Waals surface area contributed by atoms with E-state index in [2.05, 4.69) is 13.2 Å². The van der Waals surface area contributed by atoms with Crippen molar-refractivity contribution in [2.24, 2.45) is 5.73 Å². The fourth-order valence-corrected chi connectivity index (χ4v) is 1.96. The fourth-order valence-electron chi connectivity index (χ4n) is 1.81. The van der Waals surface area contributed by atoms with E-state index in [-0.39, 0.29) is 0 Å². The molecule has 2 heteroatoms. The summed E-state index contributed by atoms with van der Waals surface area (Å²) < 4.78 is 0. The molecule has 0 aliphatic carbocycles. The molecule has 19 heavy (non-hydrogen) atoms. The average molecular weight is 274 g/mol. The molecule has 0 unspecified atom stereocenters. The summed E-state index contributed by atoms with van der Waals surface area (Å²) in [6.07, 6.45) is 7.83. The van der Waals surface area contributed by atoms with E-state index in [4.69, 9.17) is 17.3 Å². The highest BCUT2D eigenvalue weighted by molar-refractivity contribution is 6.23. The molecule has 1 aromatic rings. The summed E-state index contributed by atoms with van der Waals surface area (Å²) >= 11 is 5.81. The Morgan fingerprint density at radius 2 is 2.16 bits per heavy atom. The molecule has 0 amide bonds. The van der Waals surface area contributed by atoms with Gasteiger partial charge in [-0.05, 0) is 40.8 Å². The second-order valence-corrected chi connectivity index (χ2v) is 4.43. The van der Waals surface area contributed by atoms with Crippen LogP contribution in [-0.4, -0.2) is 5.88 Å². The van der Waals surface area contributed by atoms with Crippen molar-refractivity contribution in [2.45, 2.75) is 13.5 Å². The van der Waals surface area contributed by atoms with E-state index < -0.39 is 0 Å². The van der Waals surface area contributed by atoms with Crippen LogP contribution in [0.3, 0.4) is 0 Å². The molecule has 0 fully saturated rings. The number of nitrogens with two attached hydrogens (primary N) is 1. The van der Waals surface area contributed by atoms with Crippen LogP contribution >= 0.6 is 11.6 Å². The summed E-state index contributed by atoms with van der Waals surface area (Å²) in [5.74, 6) is 0.423. The van der Waals surface area contributed by atoms with E-state index in [1.807, 2.05) is 49.4 Å². The van der Waals surface area contributed by atoms with Crippen LogP contribution in [0, 0.1) is 0 Å². The molecule has 2 N–H and O–H groups in total. The molecule has 0 spiro atoms. The zero-order valence-electron chi connectivity index (χ0n) is 11.3. The maximum Gasteiger partial charge on any atom is 0.0474 e. The molecular weight excluding hydrogens is 254 g/mol. The number of allylic oxidation sites excluding steroid dienone is 6. The van der Waals surface area contributed by atoms with E-state index in [1.54, 1.807) is 0 Å². The quantitative estimate of drug-likeness (QED) is 0.597. The Morgan fingerprint density at radius 1 is 1.42 bits per heavy atom. The topological polar surface area (TPSA) is 26.0 Å². The maximum absolute atomic E-state index is 5.84. The van der Waals surface area contributed by atoms with Crippen LogP contribution in [0.15, 0.2) is 55.7 Å². The van der Waals surface area contributed by atoms with Crippen molar-refractivity contribution >= 4 is 22.7 Å². The Balaban J connectivity index is 3.29. The summed E-state index contributed by atoms with van der Waals surface area (Å²) in [4.78, 5) is 0. The summed E-state index contributed by atoms with van der Waals surface area (Å²) in [5, 5.41) is 0. The van der Waals surface area contributed by atoms with Crippen LogP contribution in [0.25, 0.3) is 11.1 Å². The standard InChI is InChI=1S/C17H20ClN/c1-4-6-7-14(5-2)17-9-8-15(13(3)11-18)10-16(17)12-19/h4-10H,2-3,11-12,19H2,1H3/b6-4-,14-7+. The fraction of sp³-hybridized carbons (Fsp3) is 0.176. The molecule has 0 aliphatic heterocycles. The minimum absolute atomic E-state index is 0.423. The van der Waals surface area contributed by atoms with Crippen molar-refractivity contribution in [1.82, 2.24) is 0 Å². The molecule has 0 radical (unpaired) electrons. The van der Waals surface area contributed by atoms with Crippen LogP contribution in [-0.2, 0) is 6.54 Å². The maximum atomic E-state index is 5.84. The van der Waals surface area contributed by atoms with Gasteiger partial charge in [-0.3, -0.25) is 0 Å². The van der Waals surface area contributed by atoms with Crippen molar-refractivity contribution < 1.29 is 0 Å². The highest BCUT2D eigenvalue weighted by Gasteiger charge is 2.06. The second-order valence-electron chi connectivity index (χ2n) is 4.17. The van der Waals surface area contributed by atoms with E-state index in [1.165, 1.54) is 0 Å². The summed E-state index contributed by atoms with van der Waals surface area (Å²) in [6, 6.07) is 6.12. The molecule has 1 rings (SSSR count). The lowest BCUT2D eigenvalue weighted by molar-refractivity contribution is 1.06. The number of halogens is 1. The van der Waals surface area contributed by atoms with Crippen molar-refractivity contribution in [3.05, 3.63) is 72.4 Å². The third-order valence-electron chi connectivity index (χ3n) is 2.89. The molecule has 1 nitrogen and oxygen atoms in total. The van der Waals surface area contributed by atoms with Crippen LogP contribution in [0.5, 0.6) is 0 Å². The van der Waals surface area contributed by atoms with Gasteiger partial charge in [-0.1, -0.05) is 49.6 Å². The number of benzene rings is 1. The van der Waals surface area contributed by atoms with E-state index >= 15 is 0 Å². The van der Waals surface area contributed by atoms with Gasteiger partial charge in [-0.2, -0.15) is 0 Å². The Bertz CT molecular complexity index is 524. The third-order valence-corrected chi connectivity index (χ3v) is 3.22. The Hall–Kier alpha value is -1.57. The summed E-state index contributed by atoms with van der Waals surface area (Å²) in [5.41, 5.74) is 11.0. The first kappa shape index (κ1) is 15.5. The summed E-state index contributed by atoms with van der Waals surface area (Å²) in [7, 11) is 0. The number of alkyl halides is 1. The molecule has 0 saturated carbocycles. The molecule has 0 atom stereocenters. The number of hydrogen-bond acceptors (Lipinski definition) is 1. The van der Waals surface area contributed by atoms with E-state index in [0.717, 1.165) is 27.8 Å². The van der Waals surface area contributed by atoms with Crippen molar-refractivity contribution in [2.75, 3.05) is 5.88 Å². The largest absolute Gasteiger partial charge is 0.326 e. The number of hydrogen-bond donors (Lipinski definition) is 1. The molecule has 100 valence electrons. The van der Waals surface area contributed by atoms with Gasteiger partial charge >= 0.3 is 0 Å². The van der Waals surface area contributed by atoms with Gasteiger partial charge in [-0.25, -0.2) is 0 Å². The SMILES string of the molecule is C=C/C(=C\C=C/C)c1ccc(C(=C)CCl)cc1CN. The minimum Gasteiger partial charge on any atom is -0.326 e. The van der Waals surface area contributed by atoms with E-state index in [9.17, 15) is 0 Å². The molecular formula is C17H20ClN. The highest BCUT2D eigenvalue weighted by atomic mass is 35.5. The smallest absolute Gasteiger partial charge is 0.0474 e. The first-order valence-corrected chi connectivity index (χ1v) is 6.74. The van der Waals surface area contributed by atoms with Gasteiger partial charge in [0.2, 0.25) is 0 Å². The molecule has 0 bridgehead atoms. The normalized spacial score (nSPS) is 11.8. The Kier molecular flexibility index (Phi) is 6.34. The zero-order chi connectivity index (χ0) is 14.3. The molecule has 0 saturated heterocycles. The van der Waals surface area contributed by atoms with E-state index in [0.29, 0.717) is 12.4 Å². The third kappa shape index (κ3) is 3.95. The minimum atomic E-state index is 0.423. The monoisotopic (exact) mass is 273 g/mol. The first-order valence-electron chi connectivity index (χ1n) is 6.20. The van der Waals surface area contributed by atoms with Crippen molar-refractivity contribution in [3.8, 4) is 0 Å². The molecule has 0 aromatic heterocycles. The van der Waals surface area contributed by atoms with Gasteiger partial charge in [0.1, 0.15) is 0 Å². The van der Waals surface area contributed by atoms with Crippen molar-refractivity contribution in [1.29, 1.82) is 0 Å². The second kappa shape index (κ2) is 7.78. The van der Waals surface area contributed by atoms with Gasteiger partial charge in [0, 0.05) is 12.4 Å². The molecule has 1 aromatic carbocycles. The van der Waals surface area contributed by atoms with Gasteiger partial charge in [-0.15, -0.1) is 11.6 Å². The predicted octanol–water partition coefficient (Wildman–Crippen LogP) is 4.54. The Morgan fingerprint density at radius 3 is 2.68 bits per heavy atom. The van der Waals surface area contributed by atoms with Gasteiger partial charge in [0.25, 0.3) is 0 Å². The lowest BCUT2D eigenvalue weighted by atomic mass is 9.95. The predicted molar refractivity (Wildman–Crippen MR) is 87.1 cm³/mol. The van der Waals surface area contributed by atoms with Gasteiger partial charge in [0.15, 0.2) is 0 Å². The first-order chi connectivity index (χ1) is 9.17. The van der Waals surface area contributed by atoms with Crippen LogP contribution in [0.2, 0.25) is 0 Å². The lowest BCUT2D eigenvalue weighted by Gasteiger charge is -2.12. The lowest BCUT2D eigenvalue weighted by Crippen LogP contribution is -2.02. The Labute approximate surface area is 120 Å². The van der Waals surface area contributed by atoms with Gasteiger partial charge < -0.3 is 5.73 Å².